The van der Waals surface area contributed by atoms with E-state index >= 15 is 0 Å². The maximum Gasteiger partial charge on any atom is 0.263 e. The molecular weight excluding hydrogens is 370 g/mol. The highest BCUT2D eigenvalue weighted by molar-refractivity contribution is 7.92. The molecule has 2 N–H and O–H groups in total. The molecule has 1 aromatic heterocycles. The van der Waals surface area contributed by atoms with Gasteiger partial charge in [-0.2, -0.15) is 0 Å². The number of methoxy groups -OCH3 is 1. The van der Waals surface area contributed by atoms with Gasteiger partial charge in [0, 0.05) is 17.3 Å². The fourth-order valence-corrected chi connectivity index (χ4v) is 3.26. The van der Waals surface area contributed by atoms with Crippen LogP contribution in [0.3, 0.4) is 0 Å². The van der Waals surface area contributed by atoms with Gasteiger partial charge in [0.1, 0.15) is 11.5 Å². The molecular formula is C18H17N3O5S. The minimum atomic E-state index is -3.80. The molecule has 9 heteroatoms. The van der Waals surface area contributed by atoms with E-state index in [-0.39, 0.29) is 16.6 Å². The van der Waals surface area contributed by atoms with E-state index in [0.717, 1.165) is 0 Å². The summed E-state index contributed by atoms with van der Waals surface area (Å²) >= 11 is 0. The van der Waals surface area contributed by atoms with E-state index in [0.29, 0.717) is 22.8 Å². The van der Waals surface area contributed by atoms with Crippen molar-refractivity contribution in [1.82, 2.24) is 5.16 Å². The average molecular weight is 387 g/mol. The Labute approximate surface area is 156 Å². The molecule has 0 bridgehead atoms. The van der Waals surface area contributed by atoms with Gasteiger partial charge < -0.3 is 14.6 Å². The van der Waals surface area contributed by atoms with Crippen LogP contribution in [0.4, 0.5) is 11.5 Å². The van der Waals surface area contributed by atoms with Crippen LogP contribution in [-0.2, 0) is 10.0 Å². The molecule has 0 saturated heterocycles. The zero-order chi connectivity index (χ0) is 19.4. The lowest BCUT2D eigenvalue weighted by atomic mass is 10.2. The first-order valence-corrected chi connectivity index (χ1v) is 9.37. The molecule has 0 aliphatic rings. The van der Waals surface area contributed by atoms with E-state index in [2.05, 4.69) is 15.2 Å². The Hall–Kier alpha value is -3.33. The van der Waals surface area contributed by atoms with Crippen LogP contribution in [0.5, 0.6) is 5.75 Å². The van der Waals surface area contributed by atoms with Crippen LogP contribution in [0.2, 0.25) is 0 Å². The molecule has 0 radical (unpaired) electrons. The summed E-state index contributed by atoms with van der Waals surface area (Å²) in [5.41, 5.74) is 0.919. The third-order valence-electron chi connectivity index (χ3n) is 3.64. The molecule has 3 aromatic rings. The van der Waals surface area contributed by atoms with Crippen LogP contribution in [0.15, 0.2) is 64.0 Å². The lowest BCUT2D eigenvalue weighted by molar-refractivity contribution is 0.102. The highest BCUT2D eigenvalue weighted by atomic mass is 32.2. The smallest absolute Gasteiger partial charge is 0.263 e. The normalized spacial score (nSPS) is 11.0. The number of aryl methyl sites for hydroxylation is 1. The second kappa shape index (κ2) is 7.50. The third kappa shape index (κ3) is 4.45. The zero-order valence-electron chi connectivity index (χ0n) is 14.6. The molecule has 0 aliphatic heterocycles. The minimum Gasteiger partial charge on any atom is -0.497 e. The fourth-order valence-electron chi connectivity index (χ4n) is 2.27. The van der Waals surface area contributed by atoms with Crippen molar-refractivity contribution in [3.8, 4) is 5.75 Å². The van der Waals surface area contributed by atoms with Gasteiger partial charge in [0.2, 0.25) is 0 Å². The highest BCUT2D eigenvalue weighted by Crippen LogP contribution is 2.19. The molecule has 0 atom stereocenters. The standard InChI is InChI=1S/C18H17N3O5S/c1-12-11-17(20-26-12)21-27(23,24)16-9-5-14(6-10-16)19-18(22)13-3-7-15(25-2)8-4-13/h3-11H,1-2H3,(H,19,22)(H,20,21). The first kappa shape index (κ1) is 18.5. The van der Waals surface area contributed by atoms with Gasteiger partial charge in [0.25, 0.3) is 15.9 Å². The average Bonchev–Trinajstić information content (AvgIpc) is 3.06. The highest BCUT2D eigenvalue weighted by Gasteiger charge is 2.16. The maximum atomic E-state index is 12.3. The van der Waals surface area contributed by atoms with Crippen molar-refractivity contribution in [1.29, 1.82) is 0 Å². The second-order valence-corrected chi connectivity index (χ2v) is 7.32. The van der Waals surface area contributed by atoms with Crippen molar-refractivity contribution >= 4 is 27.4 Å². The Bertz CT molecular complexity index is 1040. The predicted molar refractivity (Wildman–Crippen MR) is 99.4 cm³/mol. The lowest BCUT2D eigenvalue weighted by Crippen LogP contribution is -2.14. The first-order valence-electron chi connectivity index (χ1n) is 7.89. The van der Waals surface area contributed by atoms with Gasteiger partial charge in [0.05, 0.1) is 12.0 Å². The summed E-state index contributed by atoms with van der Waals surface area (Å²) in [6.07, 6.45) is 0. The largest absolute Gasteiger partial charge is 0.497 e. The second-order valence-electron chi connectivity index (χ2n) is 5.64. The van der Waals surface area contributed by atoms with Crippen molar-refractivity contribution in [2.45, 2.75) is 11.8 Å². The van der Waals surface area contributed by atoms with Gasteiger partial charge in [-0.1, -0.05) is 5.16 Å². The minimum absolute atomic E-state index is 0.0330. The molecule has 0 aliphatic carbocycles. The Kier molecular flexibility index (Phi) is 5.13. The van der Waals surface area contributed by atoms with Crippen molar-refractivity contribution < 1.29 is 22.5 Å². The number of anilines is 2. The van der Waals surface area contributed by atoms with Gasteiger partial charge in [-0.3, -0.25) is 9.52 Å². The van der Waals surface area contributed by atoms with E-state index in [9.17, 15) is 13.2 Å². The van der Waals surface area contributed by atoms with Crippen molar-refractivity contribution in [3.63, 3.8) is 0 Å². The van der Waals surface area contributed by atoms with Crippen LogP contribution in [0.1, 0.15) is 16.1 Å². The van der Waals surface area contributed by atoms with Crippen LogP contribution in [-0.4, -0.2) is 26.6 Å². The summed E-state index contributed by atoms with van der Waals surface area (Å²) in [7, 11) is -2.26. The number of sulfonamides is 1. The molecule has 27 heavy (non-hydrogen) atoms. The van der Waals surface area contributed by atoms with Crippen molar-refractivity contribution in [2.24, 2.45) is 0 Å². The summed E-state index contributed by atoms with van der Waals surface area (Å²) in [6, 6.07) is 13.9. The number of carbonyl (C=O) groups excluding carboxylic acids is 1. The third-order valence-corrected chi connectivity index (χ3v) is 5.01. The number of benzene rings is 2. The molecule has 140 valence electrons. The molecule has 3 rings (SSSR count). The summed E-state index contributed by atoms with van der Waals surface area (Å²) in [5.74, 6) is 0.925. The van der Waals surface area contributed by atoms with Crippen LogP contribution >= 0.6 is 0 Å². The van der Waals surface area contributed by atoms with E-state index in [4.69, 9.17) is 9.26 Å². The van der Waals surface area contributed by atoms with Gasteiger partial charge in [0.15, 0.2) is 5.82 Å². The molecule has 0 spiro atoms. The number of rotatable bonds is 6. The van der Waals surface area contributed by atoms with Gasteiger partial charge in [-0.05, 0) is 55.5 Å². The Morgan fingerprint density at radius 1 is 1.07 bits per heavy atom. The molecule has 8 nitrogen and oxygen atoms in total. The van der Waals surface area contributed by atoms with Crippen molar-refractivity contribution in [3.05, 3.63) is 65.9 Å². The topological polar surface area (TPSA) is 111 Å². The van der Waals surface area contributed by atoms with Crippen molar-refractivity contribution in [2.75, 3.05) is 17.1 Å². The predicted octanol–water partition coefficient (Wildman–Crippen LogP) is 3.04. The lowest BCUT2D eigenvalue weighted by Gasteiger charge is -2.08. The quantitative estimate of drug-likeness (QED) is 0.673. The molecule has 1 amide bonds. The Morgan fingerprint density at radius 3 is 2.30 bits per heavy atom. The summed E-state index contributed by atoms with van der Waals surface area (Å²) in [6.45, 7) is 1.66. The Morgan fingerprint density at radius 2 is 1.74 bits per heavy atom. The number of nitrogens with zero attached hydrogens (tertiary/aromatic N) is 1. The van der Waals surface area contributed by atoms with Crippen LogP contribution < -0.4 is 14.8 Å². The zero-order valence-corrected chi connectivity index (χ0v) is 15.4. The van der Waals surface area contributed by atoms with Gasteiger partial charge >= 0.3 is 0 Å². The monoisotopic (exact) mass is 387 g/mol. The molecule has 1 heterocycles. The number of carbonyl (C=O) groups is 1. The van der Waals surface area contributed by atoms with E-state index in [1.807, 2.05) is 0 Å². The van der Waals surface area contributed by atoms with Crippen LogP contribution in [0, 0.1) is 6.92 Å². The van der Waals surface area contributed by atoms with Gasteiger partial charge in [-0.15, -0.1) is 0 Å². The molecule has 0 fully saturated rings. The number of aromatic nitrogens is 1. The number of amides is 1. The number of ether oxygens (including phenoxy) is 1. The summed E-state index contributed by atoms with van der Waals surface area (Å²) < 4.78 is 36.9. The van der Waals surface area contributed by atoms with Gasteiger partial charge in [-0.25, -0.2) is 8.42 Å². The fraction of sp³-hybridized carbons (Fsp3) is 0.111. The maximum absolute atomic E-state index is 12.3. The molecule has 0 saturated carbocycles. The summed E-state index contributed by atoms with van der Waals surface area (Å²) in [5, 5.41) is 6.30. The van der Waals surface area contributed by atoms with E-state index in [1.165, 1.54) is 30.3 Å². The number of hydrogen-bond donors (Lipinski definition) is 2. The first-order chi connectivity index (χ1) is 12.9. The Balaban J connectivity index is 1.69. The van der Waals surface area contributed by atoms with E-state index < -0.39 is 10.0 Å². The SMILES string of the molecule is COc1ccc(C(=O)Nc2ccc(S(=O)(=O)Nc3cc(C)on3)cc2)cc1. The summed E-state index contributed by atoms with van der Waals surface area (Å²) in [4.78, 5) is 12.3. The van der Waals surface area contributed by atoms with E-state index in [1.54, 1.807) is 38.3 Å². The number of nitrogens with one attached hydrogen (secondary N) is 2. The van der Waals surface area contributed by atoms with Crippen LogP contribution in [0.25, 0.3) is 0 Å². The molecule has 0 unspecified atom stereocenters. The number of hydrogen-bond acceptors (Lipinski definition) is 6. The molecule has 2 aromatic carbocycles.